The Kier molecular flexibility index (Phi) is 9.01. The average molecular weight is 536 g/mol. The minimum atomic E-state index is -4.77. The first-order valence-corrected chi connectivity index (χ1v) is 12.4. The maximum Gasteiger partial charge on any atom is 0.416 e. The number of amides is 2. The van der Waals surface area contributed by atoms with E-state index in [0.717, 1.165) is 17.2 Å². The molecule has 2 rings (SSSR count). The van der Waals surface area contributed by atoms with Crippen molar-refractivity contribution in [3.05, 3.63) is 58.6 Å². The molecule has 2 aromatic rings. The van der Waals surface area contributed by atoms with Gasteiger partial charge in [0, 0.05) is 13.6 Å². The van der Waals surface area contributed by atoms with Gasteiger partial charge in [-0.15, -0.1) is 0 Å². The zero-order valence-electron chi connectivity index (χ0n) is 19.4. The van der Waals surface area contributed by atoms with E-state index in [9.17, 15) is 31.2 Å². The second kappa shape index (κ2) is 11.2. The van der Waals surface area contributed by atoms with Crippen molar-refractivity contribution in [1.82, 2.24) is 10.2 Å². The zero-order valence-corrected chi connectivity index (χ0v) is 21.0. The van der Waals surface area contributed by atoms with Gasteiger partial charge in [0.05, 0.1) is 29.6 Å². The van der Waals surface area contributed by atoms with Gasteiger partial charge in [0.25, 0.3) is 0 Å². The van der Waals surface area contributed by atoms with Crippen molar-refractivity contribution in [1.29, 1.82) is 0 Å². The molecule has 0 heterocycles. The minimum absolute atomic E-state index is 0.0987. The molecule has 0 unspecified atom stereocenters. The highest BCUT2D eigenvalue weighted by molar-refractivity contribution is 7.92. The number of anilines is 1. The van der Waals surface area contributed by atoms with Gasteiger partial charge in [-0.3, -0.25) is 13.9 Å². The van der Waals surface area contributed by atoms with E-state index in [-0.39, 0.29) is 11.6 Å². The SMILES string of the molecule is CNC(=O)[C@H](C)N(Cc1cccc(OC)c1)C(=O)CN(c1cc(C(F)(F)F)ccc1Cl)S(C)(=O)=O. The molecule has 2 amide bonds. The van der Waals surface area contributed by atoms with Crippen LogP contribution < -0.4 is 14.4 Å². The van der Waals surface area contributed by atoms with Crippen molar-refractivity contribution in [2.45, 2.75) is 25.7 Å². The number of hydrogen-bond donors (Lipinski definition) is 1. The number of carbonyl (C=O) groups excluding carboxylic acids is 2. The zero-order chi connectivity index (χ0) is 26.6. The smallest absolute Gasteiger partial charge is 0.416 e. The number of rotatable bonds is 9. The minimum Gasteiger partial charge on any atom is -0.497 e. The molecule has 0 radical (unpaired) electrons. The Bertz CT molecular complexity index is 1190. The number of halogens is 4. The first-order valence-electron chi connectivity index (χ1n) is 10.2. The van der Waals surface area contributed by atoms with E-state index >= 15 is 0 Å². The van der Waals surface area contributed by atoms with Crippen LogP contribution in [0.15, 0.2) is 42.5 Å². The summed E-state index contributed by atoms with van der Waals surface area (Å²) < 4.78 is 70.4. The highest BCUT2D eigenvalue weighted by Crippen LogP contribution is 2.36. The fourth-order valence-corrected chi connectivity index (χ4v) is 4.36. The molecule has 0 aromatic heterocycles. The van der Waals surface area contributed by atoms with Gasteiger partial charge in [0.2, 0.25) is 21.8 Å². The van der Waals surface area contributed by atoms with Crippen molar-refractivity contribution < 1.29 is 35.9 Å². The summed E-state index contributed by atoms with van der Waals surface area (Å²) in [7, 11) is -1.42. The Morgan fingerprint density at radius 1 is 1.17 bits per heavy atom. The monoisotopic (exact) mass is 535 g/mol. The van der Waals surface area contributed by atoms with Crippen LogP contribution in [0.3, 0.4) is 0 Å². The molecule has 2 aromatic carbocycles. The van der Waals surface area contributed by atoms with Crippen LogP contribution in [-0.4, -0.2) is 58.1 Å². The molecule has 0 saturated carbocycles. The quantitative estimate of drug-likeness (QED) is 0.531. The van der Waals surface area contributed by atoms with Crippen LogP contribution in [0.2, 0.25) is 5.02 Å². The second-order valence-electron chi connectivity index (χ2n) is 7.60. The van der Waals surface area contributed by atoms with Gasteiger partial charge in [-0.25, -0.2) is 8.42 Å². The molecule has 0 aliphatic rings. The Balaban J connectivity index is 2.50. The van der Waals surface area contributed by atoms with Gasteiger partial charge in [-0.05, 0) is 42.8 Å². The molecule has 1 N–H and O–H groups in total. The molecular weight excluding hydrogens is 511 g/mol. The summed E-state index contributed by atoms with van der Waals surface area (Å²) in [5.41, 5.74) is -1.06. The third-order valence-electron chi connectivity index (χ3n) is 5.12. The molecule has 1 atom stereocenters. The molecule has 0 aliphatic carbocycles. The van der Waals surface area contributed by atoms with E-state index in [4.69, 9.17) is 16.3 Å². The molecular formula is C22H25ClF3N3O5S. The number of carbonyl (C=O) groups is 2. The van der Waals surface area contributed by atoms with Crippen LogP contribution in [0.1, 0.15) is 18.1 Å². The summed E-state index contributed by atoms with van der Waals surface area (Å²) in [6.07, 6.45) is -4.02. The summed E-state index contributed by atoms with van der Waals surface area (Å²) in [5, 5.41) is 2.13. The topological polar surface area (TPSA) is 96.0 Å². The molecule has 0 spiro atoms. The van der Waals surface area contributed by atoms with Crippen molar-refractivity contribution in [3.63, 3.8) is 0 Å². The third-order valence-corrected chi connectivity index (χ3v) is 6.57. The summed E-state index contributed by atoms with van der Waals surface area (Å²) in [6.45, 7) is 0.461. The predicted octanol–water partition coefficient (Wildman–Crippen LogP) is 3.30. The first kappa shape index (κ1) is 28.2. The molecule has 0 bridgehead atoms. The van der Waals surface area contributed by atoms with Gasteiger partial charge in [0.1, 0.15) is 18.3 Å². The van der Waals surface area contributed by atoms with Crippen LogP contribution in [-0.2, 0) is 32.3 Å². The van der Waals surface area contributed by atoms with Gasteiger partial charge < -0.3 is 15.0 Å². The molecule has 35 heavy (non-hydrogen) atoms. The van der Waals surface area contributed by atoms with Crippen molar-refractivity contribution in [2.24, 2.45) is 0 Å². The molecule has 13 heteroatoms. The first-order chi connectivity index (χ1) is 16.2. The fraction of sp³-hybridized carbons (Fsp3) is 0.364. The fourth-order valence-electron chi connectivity index (χ4n) is 3.23. The Labute approximate surface area is 206 Å². The predicted molar refractivity (Wildman–Crippen MR) is 126 cm³/mol. The third kappa shape index (κ3) is 7.25. The largest absolute Gasteiger partial charge is 0.497 e. The van der Waals surface area contributed by atoms with Crippen LogP contribution in [0.5, 0.6) is 5.75 Å². The number of ether oxygens (including phenoxy) is 1. The second-order valence-corrected chi connectivity index (χ2v) is 9.91. The number of likely N-dealkylation sites (N-methyl/N-ethyl adjacent to an activating group) is 1. The maximum atomic E-state index is 13.3. The highest BCUT2D eigenvalue weighted by Gasteiger charge is 2.34. The molecule has 192 valence electrons. The number of alkyl halides is 3. The lowest BCUT2D eigenvalue weighted by molar-refractivity contribution is -0.139. The van der Waals surface area contributed by atoms with E-state index in [2.05, 4.69) is 5.32 Å². The maximum absolute atomic E-state index is 13.3. The number of sulfonamides is 1. The molecule has 8 nitrogen and oxygen atoms in total. The Morgan fingerprint density at radius 2 is 1.83 bits per heavy atom. The molecule has 0 aliphatic heterocycles. The van der Waals surface area contributed by atoms with E-state index in [1.165, 1.54) is 21.1 Å². The standard InChI is InChI=1S/C22H25ClF3N3O5S/c1-14(21(31)27-2)28(12-15-6-5-7-17(10-15)34-3)20(30)13-29(35(4,32)33)19-11-16(22(24,25)26)8-9-18(19)23/h5-11,14H,12-13H2,1-4H3,(H,27,31)/t14-/m0/s1. The highest BCUT2D eigenvalue weighted by atomic mass is 35.5. The van der Waals surface area contributed by atoms with Gasteiger partial charge in [-0.1, -0.05) is 23.7 Å². The van der Waals surface area contributed by atoms with Crippen LogP contribution in [0.4, 0.5) is 18.9 Å². The lowest BCUT2D eigenvalue weighted by Gasteiger charge is -2.31. The van der Waals surface area contributed by atoms with E-state index in [1.54, 1.807) is 24.3 Å². The normalized spacial score (nSPS) is 12.6. The Morgan fingerprint density at radius 3 is 2.37 bits per heavy atom. The van der Waals surface area contributed by atoms with Crippen LogP contribution in [0, 0.1) is 0 Å². The summed E-state index contributed by atoms with van der Waals surface area (Å²) >= 11 is 6.03. The van der Waals surface area contributed by atoms with Crippen molar-refractivity contribution >= 4 is 39.1 Å². The number of benzene rings is 2. The lowest BCUT2D eigenvalue weighted by atomic mass is 10.1. The molecule has 0 saturated heterocycles. The number of hydrogen-bond acceptors (Lipinski definition) is 5. The van der Waals surface area contributed by atoms with Crippen molar-refractivity contribution in [3.8, 4) is 5.75 Å². The summed E-state index contributed by atoms with van der Waals surface area (Å²) in [5.74, 6) is -0.858. The van der Waals surface area contributed by atoms with Crippen LogP contribution >= 0.6 is 11.6 Å². The molecule has 0 fully saturated rings. The van der Waals surface area contributed by atoms with Gasteiger partial charge >= 0.3 is 6.18 Å². The number of nitrogens with zero attached hydrogens (tertiary/aromatic N) is 2. The lowest BCUT2D eigenvalue weighted by Crippen LogP contribution is -2.50. The van der Waals surface area contributed by atoms with E-state index in [1.807, 2.05) is 0 Å². The average Bonchev–Trinajstić information content (AvgIpc) is 2.79. The summed E-state index contributed by atoms with van der Waals surface area (Å²) in [4.78, 5) is 26.8. The number of nitrogens with one attached hydrogen (secondary N) is 1. The number of methoxy groups -OCH3 is 1. The summed E-state index contributed by atoms with van der Waals surface area (Å²) in [6, 6.07) is 7.81. The van der Waals surface area contributed by atoms with Gasteiger partial charge in [-0.2, -0.15) is 13.2 Å². The van der Waals surface area contributed by atoms with E-state index < -0.39 is 51.9 Å². The van der Waals surface area contributed by atoms with Crippen molar-refractivity contribution in [2.75, 3.05) is 31.3 Å². The van der Waals surface area contributed by atoms with Gasteiger partial charge in [0.15, 0.2) is 0 Å². The van der Waals surface area contributed by atoms with Crippen LogP contribution in [0.25, 0.3) is 0 Å². The van der Waals surface area contributed by atoms with E-state index in [0.29, 0.717) is 27.8 Å². The Hall–Kier alpha value is -2.99.